The van der Waals surface area contributed by atoms with Gasteiger partial charge >= 0.3 is 0 Å². The van der Waals surface area contributed by atoms with Crippen LogP contribution in [-0.4, -0.2) is 24.1 Å². The Morgan fingerprint density at radius 1 is 0.304 bits per heavy atom. The van der Waals surface area contributed by atoms with Crippen molar-refractivity contribution in [2.24, 2.45) is 0 Å². The molecule has 1 heteroatoms. The summed E-state index contributed by atoms with van der Waals surface area (Å²) in [4.78, 5) is 0. The number of hydrogen-bond acceptors (Lipinski definition) is 0. The summed E-state index contributed by atoms with van der Waals surface area (Å²) < 4.78 is 1.33. The molecule has 0 bridgehead atoms. The highest BCUT2D eigenvalue weighted by Crippen LogP contribution is 2.23. The summed E-state index contributed by atoms with van der Waals surface area (Å²) in [5.41, 5.74) is 1.55. The molecule has 1 rings (SSSR count). The molecule has 1 nitrogen and oxygen atoms in total. The summed E-state index contributed by atoms with van der Waals surface area (Å²) in [5, 5.41) is 0. The van der Waals surface area contributed by atoms with Crippen LogP contribution in [0, 0.1) is 0 Å². The predicted octanol–water partition coefficient (Wildman–Crippen LogP) is 18.8. The quantitative estimate of drug-likeness (QED) is 0.0352. The van der Waals surface area contributed by atoms with Crippen LogP contribution >= 0.6 is 0 Å². The Morgan fingerprint density at radius 3 is 0.839 bits per heavy atom. The molecule has 1 aromatic rings. The number of unbranched alkanes of at least 4 members (excludes halogenated alkanes) is 30. The van der Waals surface area contributed by atoms with Crippen molar-refractivity contribution < 1.29 is 4.48 Å². The van der Waals surface area contributed by atoms with Crippen molar-refractivity contribution >= 4 is 0 Å². The van der Waals surface area contributed by atoms with E-state index in [9.17, 15) is 0 Å². The number of hydrogen-bond donors (Lipinski definition) is 0. The molecule has 0 unspecified atom stereocenters. The van der Waals surface area contributed by atoms with Gasteiger partial charge in [-0.05, 0) is 116 Å². The van der Waals surface area contributed by atoms with Gasteiger partial charge in [-0.15, -0.1) is 0 Å². The van der Waals surface area contributed by atoms with Crippen LogP contribution in [0.3, 0.4) is 0 Å². The van der Waals surface area contributed by atoms with Gasteiger partial charge in [0.1, 0.15) is 6.54 Å². The van der Waals surface area contributed by atoms with Gasteiger partial charge in [-0.2, -0.15) is 0 Å². The monoisotopic (exact) mass is 775 g/mol. The van der Waals surface area contributed by atoms with E-state index in [0.29, 0.717) is 0 Å². The van der Waals surface area contributed by atoms with Gasteiger partial charge in [0, 0.05) is 5.56 Å². The molecule has 0 amide bonds. The lowest BCUT2D eigenvalue weighted by Gasteiger charge is -2.39. The van der Waals surface area contributed by atoms with E-state index >= 15 is 0 Å². The van der Waals surface area contributed by atoms with Crippen LogP contribution in [0.4, 0.5) is 0 Å². The standard InChI is InChI=1S/C55H100N/c1-4-7-10-13-16-19-22-25-28-31-34-37-40-46-51-56(54-55-49-44-43-45-50-55,52-47-41-38-35-32-29-26-23-20-17-14-11-8-5-2)53-48-42-39-36-33-30-27-24-21-18-15-12-9-6-3/h22-27,43-45,49-50H,4-21,28-42,46-48,51-54H2,1-3H3/q+1/b25-22+,26-23+,27-24+. The fraction of sp³-hybridized carbons (Fsp3) is 0.782. The molecule has 0 spiro atoms. The van der Waals surface area contributed by atoms with Crippen LogP contribution < -0.4 is 0 Å². The van der Waals surface area contributed by atoms with Gasteiger partial charge in [0.2, 0.25) is 0 Å². The molecule has 56 heavy (non-hydrogen) atoms. The highest BCUT2D eigenvalue weighted by atomic mass is 15.3. The molecule has 0 heterocycles. The first kappa shape index (κ1) is 52.4. The summed E-state index contributed by atoms with van der Waals surface area (Å²) >= 11 is 0. The summed E-state index contributed by atoms with van der Waals surface area (Å²) in [6.07, 6.45) is 64.5. The van der Waals surface area contributed by atoms with Crippen LogP contribution in [0.15, 0.2) is 66.8 Å². The molecule has 0 radical (unpaired) electrons. The molecule has 0 aliphatic carbocycles. The molecule has 324 valence electrons. The van der Waals surface area contributed by atoms with Crippen molar-refractivity contribution in [3.8, 4) is 0 Å². The van der Waals surface area contributed by atoms with Crippen molar-refractivity contribution in [1.29, 1.82) is 0 Å². The van der Waals surface area contributed by atoms with E-state index in [-0.39, 0.29) is 0 Å². The number of quaternary nitrogens is 1. The van der Waals surface area contributed by atoms with Gasteiger partial charge in [0.05, 0.1) is 19.6 Å². The van der Waals surface area contributed by atoms with Crippen molar-refractivity contribution in [3.05, 3.63) is 72.4 Å². The van der Waals surface area contributed by atoms with E-state index in [1.165, 1.54) is 262 Å². The van der Waals surface area contributed by atoms with E-state index < -0.39 is 0 Å². The average Bonchev–Trinajstić information content (AvgIpc) is 3.21. The third-order valence-electron chi connectivity index (χ3n) is 12.3. The van der Waals surface area contributed by atoms with Gasteiger partial charge in [0.15, 0.2) is 0 Å². The maximum absolute atomic E-state index is 2.47. The second kappa shape index (κ2) is 43.0. The number of allylic oxidation sites excluding steroid dienone is 6. The van der Waals surface area contributed by atoms with Crippen LogP contribution in [-0.2, 0) is 6.54 Å². The summed E-state index contributed by atoms with van der Waals surface area (Å²) in [7, 11) is 0. The zero-order valence-electron chi connectivity index (χ0n) is 38.6. The van der Waals surface area contributed by atoms with Gasteiger partial charge < -0.3 is 4.48 Å². The van der Waals surface area contributed by atoms with Crippen molar-refractivity contribution in [1.82, 2.24) is 0 Å². The van der Waals surface area contributed by atoms with Crippen molar-refractivity contribution in [2.45, 2.75) is 258 Å². The lowest BCUT2D eigenvalue weighted by molar-refractivity contribution is -0.941. The Bertz CT molecular complexity index is 879. The molecule has 0 saturated heterocycles. The summed E-state index contributed by atoms with van der Waals surface area (Å²) in [6.45, 7) is 12.3. The minimum atomic E-state index is 1.23. The van der Waals surface area contributed by atoms with Crippen LogP contribution in [0.1, 0.15) is 257 Å². The molecular weight excluding hydrogens is 675 g/mol. The third-order valence-corrected chi connectivity index (χ3v) is 12.3. The van der Waals surface area contributed by atoms with Gasteiger partial charge in [0.25, 0.3) is 0 Å². The second-order valence-electron chi connectivity index (χ2n) is 17.8. The Kier molecular flexibility index (Phi) is 40.2. The molecule has 0 fully saturated rings. The maximum Gasteiger partial charge on any atom is 0.104 e. The van der Waals surface area contributed by atoms with E-state index in [1.54, 1.807) is 5.56 Å². The largest absolute Gasteiger partial charge is 0.320 e. The Balaban J connectivity index is 2.56. The molecule has 0 saturated carbocycles. The highest BCUT2D eigenvalue weighted by Gasteiger charge is 2.26. The Hall–Kier alpha value is -1.60. The fourth-order valence-corrected chi connectivity index (χ4v) is 8.57. The third kappa shape index (κ3) is 35.6. The van der Waals surface area contributed by atoms with E-state index in [2.05, 4.69) is 87.6 Å². The van der Waals surface area contributed by atoms with Gasteiger partial charge in [-0.1, -0.05) is 203 Å². The minimum Gasteiger partial charge on any atom is -0.320 e. The number of rotatable bonds is 44. The van der Waals surface area contributed by atoms with Crippen LogP contribution in [0.5, 0.6) is 0 Å². The first-order valence-corrected chi connectivity index (χ1v) is 25.6. The zero-order valence-corrected chi connectivity index (χ0v) is 38.6. The SMILES string of the molecule is CCCCCCC/C=C/CCCCCCC[N+](CCCCCCC/C=C/CCCCCCC)(CCCCCCC/C=C/CCCCCCC)Cc1ccccc1. The molecule has 0 N–H and O–H groups in total. The lowest BCUT2D eigenvalue weighted by Crippen LogP contribution is -2.49. The maximum atomic E-state index is 2.47. The molecule has 0 aromatic heterocycles. The fourth-order valence-electron chi connectivity index (χ4n) is 8.57. The van der Waals surface area contributed by atoms with Gasteiger partial charge in [-0.3, -0.25) is 0 Å². The predicted molar refractivity (Wildman–Crippen MR) is 256 cm³/mol. The molecule has 1 aromatic carbocycles. The van der Waals surface area contributed by atoms with Crippen molar-refractivity contribution in [3.63, 3.8) is 0 Å². The lowest BCUT2D eigenvalue weighted by atomic mass is 10.0. The smallest absolute Gasteiger partial charge is 0.104 e. The molecule has 0 aliphatic heterocycles. The van der Waals surface area contributed by atoms with E-state index in [0.717, 1.165) is 0 Å². The number of benzene rings is 1. The first-order valence-electron chi connectivity index (χ1n) is 25.6. The van der Waals surface area contributed by atoms with Crippen molar-refractivity contribution in [2.75, 3.05) is 19.6 Å². The topological polar surface area (TPSA) is 0 Å². The highest BCUT2D eigenvalue weighted by molar-refractivity contribution is 5.13. The van der Waals surface area contributed by atoms with E-state index in [1.807, 2.05) is 0 Å². The summed E-state index contributed by atoms with van der Waals surface area (Å²) in [5.74, 6) is 0. The minimum absolute atomic E-state index is 1.23. The summed E-state index contributed by atoms with van der Waals surface area (Å²) in [6, 6.07) is 11.6. The Morgan fingerprint density at radius 2 is 0.554 bits per heavy atom. The molecular formula is C55H100N+. The normalized spacial score (nSPS) is 12.3. The molecule has 0 aliphatic rings. The Labute approximate surface area is 353 Å². The second-order valence-corrected chi connectivity index (χ2v) is 17.8. The van der Waals surface area contributed by atoms with Gasteiger partial charge in [-0.25, -0.2) is 0 Å². The van der Waals surface area contributed by atoms with E-state index in [4.69, 9.17) is 0 Å². The van der Waals surface area contributed by atoms with Crippen LogP contribution in [0.2, 0.25) is 0 Å². The molecule has 0 atom stereocenters. The first-order chi connectivity index (χ1) is 27.8. The average molecular weight is 775 g/mol. The number of nitrogens with zero attached hydrogens (tertiary/aromatic N) is 1. The van der Waals surface area contributed by atoms with Crippen LogP contribution in [0.25, 0.3) is 0 Å². The zero-order chi connectivity index (χ0) is 40.1.